The van der Waals surface area contributed by atoms with E-state index < -0.39 is 5.97 Å². The zero-order chi connectivity index (χ0) is 23.8. The first-order valence-electron chi connectivity index (χ1n) is 10.8. The summed E-state index contributed by atoms with van der Waals surface area (Å²) in [5.74, 6) is -0.496. The molecule has 0 radical (unpaired) electrons. The van der Waals surface area contributed by atoms with Gasteiger partial charge in [-0.3, -0.25) is 4.79 Å². The quantitative estimate of drug-likeness (QED) is 0.395. The van der Waals surface area contributed by atoms with E-state index in [0.717, 1.165) is 11.4 Å². The van der Waals surface area contributed by atoms with E-state index in [4.69, 9.17) is 9.47 Å². The summed E-state index contributed by atoms with van der Waals surface area (Å²) in [6.45, 7) is 4.27. The number of ether oxygens (including phenoxy) is 2. The van der Waals surface area contributed by atoms with Crippen molar-refractivity contribution in [2.45, 2.75) is 33.4 Å². The molecule has 3 aromatic rings. The van der Waals surface area contributed by atoms with Crippen molar-refractivity contribution in [1.29, 1.82) is 0 Å². The lowest BCUT2D eigenvalue weighted by atomic mass is 10.1. The number of benzene rings is 2. The summed E-state index contributed by atoms with van der Waals surface area (Å²) in [6, 6.07) is 13.4. The molecule has 0 saturated carbocycles. The van der Waals surface area contributed by atoms with Crippen LogP contribution in [-0.4, -0.2) is 30.6 Å². The molecule has 3 N–H and O–H groups in total. The van der Waals surface area contributed by atoms with Crippen LogP contribution >= 0.6 is 0 Å². The molecule has 0 aliphatic rings. The molecule has 0 fully saturated rings. The fourth-order valence-corrected chi connectivity index (χ4v) is 3.54. The molecule has 2 aromatic carbocycles. The van der Waals surface area contributed by atoms with Gasteiger partial charge < -0.3 is 25.1 Å². The third kappa shape index (κ3) is 5.91. The van der Waals surface area contributed by atoms with Crippen LogP contribution in [0.1, 0.15) is 51.5 Å². The van der Waals surface area contributed by atoms with Crippen LogP contribution in [0.5, 0.6) is 5.75 Å². The average Bonchev–Trinajstić information content (AvgIpc) is 3.20. The normalized spacial score (nSPS) is 10.5. The van der Waals surface area contributed by atoms with E-state index in [1.165, 1.54) is 12.1 Å². The first-order chi connectivity index (χ1) is 16.0. The summed E-state index contributed by atoms with van der Waals surface area (Å²) in [6.07, 6.45) is 0.454. The van der Waals surface area contributed by atoms with Gasteiger partial charge in [0.25, 0.3) is 5.91 Å². The van der Waals surface area contributed by atoms with Crippen LogP contribution in [0.25, 0.3) is 0 Å². The molecule has 7 nitrogen and oxygen atoms in total. The molecular weight excluding hydrogens is 425 g/mol. The van der Waals surface area contributed by atoms with Gasteiger partial charge in [0.05, 0.1) is 25.8 Å². The van der Waals surface area contributed by atoms with E-state index >= 15 is 0 Å². The lowest BCUT2D eigenvalue weighted by molar-refractivity contribution is 0.0524. The summed E-state index contributed by atoms with van der Waals surface area (Å²) in [7, 11) is 1.60. The maximum Gasteiger partial charge on any atom is 0.340 e. The summed E-state index contributed by atoms with van der Waals surface area (Å²) in [5.41, 5.74) is 3.25. The number of aromatic nitrogens is 1. The molecule has 1 amide bonds. The Bertz CT molecular complexity index is 1110. The number of aromatic amines is 1. The predicted octanol–water partition coefficient (Wildman–Crippen LogP) is 4.44. The standard InChI is InChI=1S/C25H28FN3O4/c1-4-20-22(25(31)33-5-2)21(15-27-18-9-11-19(32-3)12-10-18)29-23(20)24(30)28-14-16-7-6-8-17(26)13-16/h6-13,27,29H,4-5,14-15H2,1-3H3,(H,28,30). The molecule has 0 spiro atoms. The molecule has 1 aromatic heterocycles. The Hall–Kier alpha value is -3.81. The molecule has 1 heterocycles. The van der Waals surface area contributed by atoms with Gasteiger partial charge in [-0.05, 0) is 60.9 Å². The van der Waals surface area contributed by atoms with Crippen LogP contribution in [-0.2, 0) is 24.2 Å². The smallest absolute Gasteiger partial charge is 0.340 e. The molecule has 33 heavy (non-hydrogen) atoms. The summed E-state index contributed by atoms with van der Waals surface area (Å²) < 4.78 is 23.9. The first kappa shape index (κ1) is 23.8. The second-order valence-corrected chi connectivity index (χ2v) is 7.30. The van der Waals surface area contributed by atoms with Gasteiger partial charge in [0.1, 0.15) is 17.3 Å². The number of halogens is 1. The molecule has 0 atom stereocenters. The lowest BCUT2D eigenvalue weighted by Gasteiger charge is -2.09. The molecule has 0 aliphatic heterocycles. The Morgan fingerprint density at radius 2 is 1.82 bits per heavy atom. The van der Waals surface area contributed by atoms with E-state index in [9.17, 15) is 14.0 Å². The van der Waals surface area contributed by atoms with Gasteiger partial charge in [-0.25, -0.2) is 9.18 Å². The highest BCUT2D eigenvalue weighted by Gasteiger charge is 2.26. The zero-order valence-corrected chi connectivity index (χ0v) is 19.0. The number of carbonyl (C=O) groups is 2. The van der Waals surface area contributed by atoms with E-state index in [-0.39, 0.29) is 31.4 Å². The summed E-state index contributed by atoms with van der Waals surface area (Å²) >= 11 is 0. The Balaban J connectivity index is 1.84. The van der Waals surface area contributed by atoms with E-state index in [2.05, 4.69) is 15.6 Å². The number of H-pyrrole nitrogens is 1. The third-order valence-corrected chi connectivity index (χ3v) is 5.14. The van der Waals surface area contributed by atoms with Crippen molar-refractivity contribution >= 4 is 17.6 Å². The van der Waals surface area contributed by atoms with Gasteiger partial charge in [0.15, 0.2) is 0 Å². The van der Waals surface area contributed by atoms with Crippen LogP contribution in [0.2, 0.25) is 0 Å². The van der Waals surface area contributed by atoms with Gasteiger partial charge in [0, 0.05) is 17.9 Å². The van der Waals surface area contributed by atoms with E-state index in [1.807, 2.05) is 31.2 Å². The van der Waals surface area contributed by atoms with Crippen LogP contribution in [0.15, 0.2) is 48.5 Å². The maximum absolute atomic E-state index is 13.4. The highest BCUT2D eigenvalue weighted by atomic mass is 19.1. The molecule has 3 rings (SSSR count). The van der Waals surface area contributed by atoms with Gasteiger partial charge in [-0.1, -0.05) is 19.1 Å². The van der Waals surface area contributed by atoms with Crippen molar-refractivity contribution in [3.63, 3.8) is 0 Å². The largest absolute Gasteiger partial charge is 0.497 e. The molecule has 0 bridgehead atoms. The topological polar surface area (TPSA) is 92.5 Å². The van der Waals surface area contributed by atoms with Gasteiger partial charge in [-0.2, -0.15) is 0 Å². The third-order valence-electron chi connectivity index (χ3n) is 5.14. The number of amides is 1. The predicted molar refractivity (Wildman–Crippen MR) is 124 cm³/mol. The van der Waals surface area contributed by atoms with E-state index in [0.29, 0.717) is 34.5 Å². The Labute approximate surface area is 192 Å². The number of methoxy groups -OCH3 is 1. The Kier molecular flexibility index (Phi) is 8.07. The van der Waals surface area contributed by atoms with Crippen LogP contribution in [0.3, 0.4) is 0 Å². The fourth-order valence-electron chi connectivity index (χ4n) is 3.54. The lowest BCUT2D eigenvalue weighted by Crippen LogP contribution is -2.24. The number of esters is 1. The summed E-state index contributed by atoms with van der Waals surface area (Å²) in [4.78, 5) is 28.8. The van der Waals surface area contributed by atoms with Gasteiger partial charge in [-0.15, -0.1) is 0 Å². The minimum absolute atomic E-state index is 0.160. The molecular formula is C25H28FN3O4. The Morgan fingerprint density at radius 3 is 2.45 bits per heavy atom. The highest BCUT2D eigenvalue weighted by molar-refractivity contribution is 6.00. The second kappa shape index (κ2) is 11.2. The number of rotatable bonds is 10. The van der Waals surface area contributed by atoms with Crippen molar-refractivity contribution in [2.24, 2.45) is 0 Å². The van der Waals surface area contributed by atoms with Crippen LogP contribution in [0, 0.1) is 5.82 Å². The van der Waals surface area contributed by atoms with Crippen molar-refractivity contribution < 1.29 is 23.5 Å². The second-order valence-electron chi connectivity index (χ2n) is 7.30. The molecule has 0 saturated heterocycles. The monoisotopic (exact) mass is 453 g/mol. The number of nitrogens with one attached hydrogen (secondary N) is 3. The average molecular weight is 454 g/mol. The fraction of sp³-hybridized carbons (Fsp3) is 0.280. The summed E-state index contributed by atoms with van der Waals surface area (Å²) in [5, 5.41) is 6.04. The molecule has 0 aliphatic carbocycles. The van der Waals surface area contributed by atoms with Gasteiger partial charge in [0.2, 0.25) is 0 Å². The minimum atomic E-state index is -0.485. The number of hydrogen-bond donors (Lipinski definition) is 3. The number of anilines is 1. The van der Waals surface area contributed by atoms with Crippen LogP contribution in [0.4, 0.5) is 10.1 Å². The Morgan fingerprint density at radius 1 is 1.06 bits per heavy atom. The number of carbonyl (C=O) groups excluding carboxylic acids is 2. The SMILES string of the molecule is CCOC(=O)c1c(CNc2ccc(OC)cc2)[nH]c(C(=O)NCc2cccc(F)c2)c1CC. The van der Waals surface area contributed by atoms with Crippen molar-refractivity contribution in [2.75, 3.05) is 19.0 Å². The molecule has 174 valence electrons. The van der Waals surface area contributed by atoms with Crippen molar-refractivity contribution in [1.82, 2.24) is 10.3 Å². The van der Waals surface area contributed by atoms with Crippen molar-refractivity contribution in [3.8, 4) is 5.75 Å². The van der Waals surface area contributed by atoms with Crippen LogP contribution < -0.4 is 15.4 Å². The van der Waals surface area contributed by atoms with Crippen molar-refractivity contribution in [3.05, 3.63) is 82.4 Å². The molecule has 8 heteroatoms. The molecule has 0 unspecified atom stereocenters. The highest BCUT2D eigenvalue weighted by Crippen LogP contribution is 2.23. The first-order valence-corrected chi connectivity index (χ1v) is 10.8. The van der Waals surface area contributed by atoms with E-state index in [1.54, 1.807) is 26.2 Å². The zero-order valence-electron chi connectivity index (χ0n) is 19.0. The maximum atomic E-state index is 13.4. The van der Waals surface area contributed by atoms with Gasteiger partial charge >= 0.3 is 5.97 Å². The number of hydrogen-bond acceptors (Lipinski definition) is 5. The minimum Gasteiger partial charge on any atom is -0.497 e.